The van der Waals surface area contributed by atoms with E-state index in [9.17, 15) is 4.79 Å². The molecule has 0 radical (unpaired) electrons. The Morgan fingerprint density at radius 1 is 1.23 bits per heavy atom. The summed E-state index contributed by atoms with van der Waals surface area (Å²) in [6, 6.07) is 9.05. The fraction of sp³-hybridized carbons (Fsp3) is 0.500. The molecule has 0 aliphatic carbocycles. The molecule has 1 aromatic carbocycles. The number of nitrogens with one attached hydrogen (secondary N) is 1. The number of carbonyl (C=O) groups excluding carboxylic acids is 1. The van der Waals surface area contributed by atoms with Gasteiger partial charge in [0.05, 0.1) is 17.7 Å². The van der Waals surface area contributed by atoms with E-state index in [0.29, 0.717) is 36.1 Å². The van der Waals surface area contributed by atoms with Gasteiger partial charge in [-0.3, -0.25) is 4.79 Å². The maximum absolute atomic E-state index is 12.8. The van der Waals surface area contributed by atoms with Gasteiger partial charge in [-0.05, 0) is 43.0 Å². The number of hydrogen-bond donors (Lipinski definition) is 1. The van der Waals surface area contributed by atoms with Crippen molar-refractivity contribution < 1.29 is 19.0 Å². The van der Waals surface area contributed by atoms with Crippen LogP contribution < -0.4 is 14.8 Å². The summed E-state index contributed by atoms with van der Waals surface area (Å²) in [7, 11) is 0. The number of nitriles is 1. The monoisotopic (exact) mass is 408 g/mol. The number of fused-ring (bicyclic) bond motifs is 2. The molecule has 3 aliphatic heterocycles. The van der Waals surface area contributed by atoms with Crippen molar-refractivity contribution in [1.82, 2.24) is 15.1 Å². The van der Waals surface area contributed by atoms with Gasteiger partial charge in [0.1, 0.15) is 18.5 Å². The standard InChI is InChI=1S/C22H24N4O4/c23-12-14-1-2-19-16(9-14)10-17(13-29-19)24-22(27)18-11-21-26(25-18)6-3-20(30-21)15-4-7-28-8-5-15/h1-2,9,11,15,17,20H,3-8,10,13H2,(H,24,27)/t17-,20?/m1/s1. The lowest BCUT2D eigenvalue weighted by Crippen LogP contribution is -2.42. The summed E-state index contributed by atoms with van der Waals surface area (Å²) < 4.78 is 19.1. The first kappa shape index (κ1) is 18.9. The van der Waals surface area contributed by atoms with E-state index in [1.54, 1.807) is 16.8 Å². The van der Waals surface area contributed by atoms with E-state index in [0.717, 1.165) is 50.3 Å². The van der Waals surface area contributed by atoms with E-state index in [1.165, 1.54) is 0 Å². The van der Waals surface area contributed by atoms with Crippen LogP contribution in [0.1, 0.15) is 40.9 Å². The van der Waals surface area contributed by atoms with Crippen molar-refractivity contribution in [3.8, 4) is 17.7 Å². The minimum absolute atomic E-state index is 0.159. The van der Waals surface area contributed by atoms with Gasteiger partial charge in [-0.25, -0.2) is 4.68 Å². The van der Waals surface area contributed by atoms with Crippen molar-refractivity contribution in [2.45, 2.75) is 44.4 Å². The Morgan fingerprint density at radius 3 is 2.93 bits per heavy atom. The molecule has 2 aromatic rings. The molecule has 0 spiro atoms. The van der Waals surface area contributed by atoms with Crippen molar-refractivity contribution in [3.63, 3.8) is 0 Å². The first-order chi connectivity index (χ1) is 14.7. The van der Waals surface area contributed by atoms with Gasteiger partial charge >= 0.3 is 0 Å². The topological polar surface area (TPSA) is 98.4 Å². The zero-order chi connectivity index (χ0) is 20.5. The highest BCUT2D eigenvalue weighted by atomic mass is 16.5. The summed E-state index contributed by atoms with van der Waals surface area (Å²) in [5.41, 5.74) is 1.87. The fourth-order valence-electron chi connectivity index (χ4n) is 4.46. The lowest BCUT2D eigenvalue weighted by Gasteiger charge is -2.33. The average molecular weight is 408 g/mol. The van der Waals surface area contributed by atoms with Crippen LogP contribution in [0.25, 0.3) is 0 Å². The van der Waals surface area contributed by atoms with Crippen molar-refractivity contribution in [2.75, 3.05) is 19.8 Å². The number of ether oxygens (including phenoxy) is 3. The van der Waals surface area contributed by atoms with Crippen LogP contribution in [0, 0.1) is 17.2 Å². The second kappa shape index (κ2) is 8.00. The van der Waals surface area contributed by atoms with E-state index in [-0.39, 0.29) is 18.1 Å². The Bertz CT molecular complexity index is 990. The smallest absolute Gasteiger partial charge is 0.272 e. The van der Waals surface area contributed by atoms with Crippen molar-refractivity contribution >= 4 is 5.91 Å². The Morgan fingerprint density at radius 2 is 2.10 bits per heavy atom. The third-order valence-electron chi connectivity index (χ3n) is 6.10. The first-order valence-corrected chi connectivity index (χ1v) is 10.5. The van der Waals surface area contributed by atoms with Crippen LogP contribution in [0.4, 0.5) is 0 Å². The molecule has 1 saturated heterocycles. The van der Waals surface area contributed by atoms with Gasteiger partial charge in [0.2, 0.25) is 5.88 Å². The van der Waals surface area contributed by atoms with Gasteiger partial charge in [-0.15, -0.1) is 0 Å². The number of hydrogen-bond acceptors (Lipinski definition) is 6. The maximum Gasteiger partial charge on any atom is 0.272 e. The summed E-state index contributed by atoms with van der Waals surface area (Å²) in [5.74, 6) is 1.69. The quantitative estimate of drug-likeness (QED) is 0.835. The van der Waals surface area contributed by atoms with E-state index < -0.39 is 0 Å². The van der Waals surface area contributed by atoms with Crippen LogP contribution >= 0.6 is 0 Å². The number of benzene rings is 1. The molecule has 156 valence electrons. The first-order valence-electron chi connectivity index (χ1n) is 10.5. The summed E-state index contributed by atoms with van der Waals surface area (Å²) in [6.45, 7) is 2.72. The maximum atomic E-state index is 12.8. The molecule has 8 nitrogen and oxygen atoms in total. The number of aryl methyl sites for hydroxylation is 1. The highest BCUT2D eigenvalue weighted by Crippen LogP contribution is 2.30. The molecule has 5 rings (SSSR count). The molecule has 1 amide bonds. The molecular formula is C22H24N4O4. The SMILES string of the molecule is N#Cc1ccc2c(c1)C[C@@H](NC(=O)c1cc3n(n1)CCC(C1CCOCC1)O3)CO2. The van der Waals surface area contributed by atoms with Crippen LogP contribution in [0.15, 0.2) is 24.3 Å². The highest BCUT2D eigenvalue weighted by molar-refractivity contribution is 5.92. The largest absolute Gasteiger partial charge is 0.491 e. The van der Waals surface area contributed by atoms with Crippen LogP contribution in [-0.4, -0.2) is 47.7 Å². The molecule has 0 saturated carbocycles. The van der Waals surface area contributed by atoms with E-state index in [1.807, 2.05) is 12.1 Å². The van der Waals surface area contributed by atoms with Crippen LogP contribution in [0.5, 0.6) is 11.6 Å². The molecule has 1 unspecified atom stereocenters. The number of nitrogens with zero attached hydrogens (tertiary/aromatic N) is 3. The minimum Gasteiger partial charge on any atom is -0.491 e. The average Bonchev–Trinajstić information content (AvgIpc) is 3.23. The lowest BCUT2D eigenvalue weighted by atomic mass is 9.91. The molecule has 0 bridgehead atoms. The third kappa shape index (κ3) is 3.73. The molecule has 8 heteroatoms. The van der Waals surface area contributed by atoms with Gasteiger partial charge in [-0.1, -0.05) is 0 Å². The molecule has 2 atom stereocenters. The molecule has 1 fully saturated rings. The predicted molar refractivity (Wildman–Crippen MR) is 106 cm³/mol. The Balaban J connectivity index is 1.23. The van der Waals surface area contributed by atoms with Gasteiger partial charge in [0, 0.05) is 38.2 Å². The third-order valence-corrected chi connectivity index (χ3v) is 6.10. The van der Waals surface area contributed by atoms with Crippen LogP contribution in [-0.2, 0) is 17.7 Å². The summed E-state index contributed by atoms with van der Waals surface area (Å²) in [5, 5.41) is 16.5. The summed E-state index contributed by atoms with van der Waals surface area (Å²) >= 11 is 0. The Kier molecular flexibility index (Phi) is 5.05. The molecule has 30 heavy (non-hydrogen) atoms. The predicted octanol–water partition coefficient (Wildman–Crippen LogP) is 2.07. The molecule has 3 aliphatic rings. The minimum atomic E-state index is -0.239. The van der Waals surface area contributed by atoms with Crippen LogP contribution in [0.3, 0.4) is 0 Å². The Labute approximate surface area is 174 Å². The normalized spacial score (nSPS) is 23.3. The molecule has 4 heterocycles. The number of rotatable bonds is 3. The van der Waals surface area contributed by atoms with E-state index in [2.05, 4.69) is 16.5 Å². The Hall–Kier alpha value is -3.05. The zero-order valence-electron chi connectivity index (χ0n) is 16.7. The van der Waals surface area contributed by atoms with Crippen molar-refractivity contribution in [1.29, 1.82) is 5.26 Å². The number of carbonyl (C=O) groups is 1. The lowest BCUT2D eigenvalue weighted by molar-refractivity contribution is 0.00105. The van der Waals surface area contributed by atoms with Crippen molar-refractivity contribution in [3.05, 3.63) is 41.1 Å². The molecular weight excluding hydrogens is 384 g/mol. The number of aromatic nitrogens is 2. The second-order valence-corrected chi connectivity index (χ2v) is 8.11. The van der Waals surface area contributed by atoms with Gasteiger partial charge in [-0.2, -0.15) is 10.4 Å². The zero-order valence-corrected chi connectivity index (χ0v) is 16.7. The van der Waals surface area contributed by atoms with E-state index >= 15 is 0 Å². The van der Waals surface area contributed by atoms with E-state index in [4.69, 9.17) is 19.5 Å². The number of amides is 1. The van der Waals surface area contributed by atoms with Gasteiger partial charge in [0.15, 0.2) is 5.69 Å². The fourth-order valence-corrected chi connectivity index (χ4v) is 4.46. The molecule has 1 N–H and O–H groups in total. The van der Waals surface area contributed by atoms with Crippen molar-refractivity contribution in [2.24, 2.45) is 5.92 Å². The van der Waals surface area contributed by atoms with Crippen LogP contribution in [0.2, 0.25) is 0 Å². The second-order valence-electron chi connectivity index (χ2n) is 8.11. The van der Waals surface area contributed by atoms with Gasteiger partial charge < -0.3 is 19.5 Å². The molecule has 1 aromatic heterocycles. The van der Waals surface area contributed by atoms with Gasteiger partial charge in [0.25, 0.3) is 5.91 Å². The summed E-state index contributed by atoms with van der Waals surface area (Å²) in [4.78, 5) is 12.8. The summed E-state index contributed by atoms with van der Waals surface area (Å²) in [6.07, 6.45) is 3.71. The highest BCUT2D eigenvalue weighted by Gasteiger charge is 2.31.